The zero-order chi connectivity index (χ0) is 21.3. The maximum Gasteiger partial charge on any atom is 0.229 e. The van der Waals surface area contributed by atoms with E-state index in [2.05, 4.69) is 5.32 Å². The number of rotatable bonds is 5. The molecule has 1 heterocycles. The minimum absolute atomic E-state index is 0.0124. The van der Waals surface area contributed by atoms with Crippen molar-refractivity contribution in [1.82, 2.24) is 0 Å². The molecule has 0 aromatic heterocycles. The molecular formula is C23H22N2O4S. The first-order chi connectivity index (χ1) is 14.4. The van der Waals surface area contributed by atoms with E-state index in [1.54, 1.807) is 24.0 Å². The fourth-order valence-electron chi connectivity index (χ4n) is 3.74. The van der Waals surface area contributed by atoms with Crippen molar-refractivity contribution in [2.75, 3.05) is 22.5 Å². The van der Waals surface area contributed by atoms with Gasteiger partial charge in [-0.15, -0.1) is 0 Å². The molecule has 0 bridgehead atoms. The van der Waals surface area contributed by atoms with Crippen molar-refractivity contribution < 1.29 is 18.0 Å². The Morgan fingerprint density at radius 1 is 1.07 bits per heavy atom. The van der Waals surface area contributed by atoms with Crippen LogP contribution in [0.5, 0.6) is 0 Å². The predicted molar refractivity (Wildman–Crippen MR) is 117 cm³/mol. The summed E-state index contributed by atoms with van der Waals surface area (Å²) in [6.45, 7) is 1.86. The fraction of sp³-hybridized carbons (Fsp3) is 0.217. The molecule has 154 valence electrons. The number of benzene rings is 3. The number of hydrogen-bond donors (Lipinski definition) is 1. The highest BCUT2D eigenvalue weighted by Gasteiger charge is 2.35. The summed E-state index contributed by atoms with van der Waals surface area (Å²) in [5.41, 5.74) is 1.20. The average Bonchev–Trinajstić information content (AvgIpc) is 3.15. The normalized spacial score (nSPS) is 16.8. The third-order valence-corrected chi connectivity index (χ3v) is 7.13. The molecule has 0 radical (unpaired) electrons. The molecule has 0 saturated carbocycles. The van der Waals surface area contributed by atoms with Crippen LogP contribution < -0.4 is 10.2 Å². The maximum atomic E-state index is 12.8. The minimum Gasteiger partial charge on any atom is -0.326 e. The van der Waals surface area contributed by atoms with Gasteiger partial charge >= 0.3 is 0 Å². The van der Waals surface area contributed by atoms with Crippen molar-refractivity contribution in [3.8, 4) is 0 Å². The molecular weight excluding hydrogens is 400 g/mol. The Morgan fingerprint density at radius 3 is 2.60 bits per heavy atom. The molecule has 3 aromatic rings. The smallest absolute Gasteiger partial charge is 0.229 e. The Labute approximate surface area is 175 Å². The summed E-state index contributed by atoms with van der Waals surface area (Å²) in [5.74, 6) is -0.921. The monoisotopic (exact) mass is 422 g/mol. The van der Waals surface area contributed by atoms with Gasteiger partial charge in [0, 0.05) is 24.0 Å². The van der Waals surface area contributed by atoms with Gasteiger partial charge in [-0.1, -0.05) is 49.4 Å². The van der Waals surface area contributed by atoms with Crippen molar-refractivity contribution in [2.24, 2.45) is 5.92 Å². The van der Waals surface area contributed by atoms with Crippen molar-refractivity contribution in [2.45, 2.75) is 18.2 Å². The molecule has 2 amide bonds. The predicted octanol–water partition coefficient (Wildman–Crippen LogP) is 3.63. The zero-order valence-electron chi connectivity index (χ0n) is 16.5. The Kier molecular flexibility index (Phi) is 5.30. The molecule has 6 nitrogen and oxygen atoms in total. The van der Waals surface area contributed by atoms with Crippen LogP contribution in [0.15, 0.2) is 71.6 Å². The van der Waals surface area contributed by atoms with Gasteiger partial charge in [0.15, 0.2) is 9.84 Å². The second-order valence-corrected chi connectivity index (χ2v) is 9.60. The van der Waals surface area contributed by atoms with Gasteiger partial charge in [-0.05, 0) is 29.7 Å². The fourth-order valence-corrected chi connectivity index (χ4v) is 4.66. The highest BCUT2D eigenvalue weighted by molar-refractivity contribution is 7.91. The van der Waals surface area contributed by atoms with Gasteiger partial charge in [-0.3, -0.25) is 9.59 Å². The molecule has 1 aliphatic rings. The maximum absolute atomic E-state index is 12.8. The minimum atomic E-state index is -3.36. The Morgan fingerprint density at radius 2 is 1.80 bits per heavy atom. The first-order valence-corrected chi connectivity index (χ1v) is 11.5. The molecule has 0 spiro atoms. The lowest BCUT2D eigenvalue weighted by molar-refractivity contribution is -0.122. The molecule has 1 unspecified atom stereocenters. The van der Waals surface area contributed by atoms with Crippen LogP contribution in [0.4, 0.5) is 11.4 Å². The quantitative estimate of drug-likeness (QED) is 0.681. The molecule has 3 aromatic carbocycles. The lowest BCUT2D eigenvalue weighted by Gasteiger charge is -2.19. The number of carbonyl (C=O) groups is 2. The number of anilines is 2. The van der Waals surface area contributed by atoms with Crippen LogP contribution in [0.1, 0.15) is 13.3 Å². The molecule has 30 heavy (non-hydrogen) atoms. The number of hydrogen-bond acceptors (Lipinski definition) is 4. The van der Waals surface area contributed by atoms with E-state index >= 15 is 0 Å². The van der Waals surface area contributed by atoms with E-state index in [0.717, 1.165) is 16.5 Å². The van der Waals surface area contributed by atoms with E-state index in [0.29, 0.717) is 5.69 Å². The van der Waals surface area contributed by atoms with E-state index in [1.807, 2.05) is 42.5 Å². The number of fused-ring (bicyclic) bond motifs is 1. The van der Waals surface area contributed by atoms with Crippen LogP contribution in [-0.2, 0) is 19.4 Å². The molecule has 1 N–H and O–H groups in total. The summed E-state index contributed by atoms with van der Waals surface area (Å²) >= 11 is 0. The Hall–Kier alpha value is -3.19. The van der Waals surface area contributed by atoms with Crippen LogP contribution in [0, 0.1) is 5.92 Å². The molecule has 1 saturated heterocycles. The SMILES string of the molecule is CCS(=O)(=O)c1cccc(NC(=O)C2CC(=O)N(c3cccc4ccccc34)C2)c1. The zero-order valence-corrected chi connectivity index (χ0v) is 17.4. The molecule has 4 rings (SSSR count). The van der Waals surface area contributed by atoms with E-state index in [4.69, 9.17) is 0 Å². The molecule has 1 aliphatic heterocycles. The van der Waals surface area contributed by atoms with E-state index in [9.17, 15) is 18.0 Å². The van der Waals surface area contributed by atoms with Gasteiger partial charge in [-0.25, -0.2) is 8.42 Å². The molecule has 1 atom stereocenters. The summed E-state index contributed by atoms with van der Waals surface area (Å²) in [6, 6.07) is 19.8. The Balaban J connectivity index is 1.53. The summed E-state index contributed by atoms with van der Waals surface area (Å²) in [6.07, 6.45) is 0.113. The topological polar surface area (TPSA) is 83.5 Å². The standard InChI is InChI=1S/C23H22N2O4S/c1-2-30(28,29)19-10-6-9-18(14-19)24-23(27)17-13-22(26)25(15-17)21-12-5-8-16-7-3-4-11-20(16)21/h3-12,14,17H,2,13,15H2,1H3,(H,24,27). The van der Waals surface area contributed by atoms with Crippen molar-refractivity contribution in [1.29, 1.82) is 0 Å². The van der Waals surface area contributed by atoms with Crippen LogP contribution in [0.2, 0.25) is 0 Å². The largest absolute Gasteiger partial charge is 0.326 e. The van der Waals surface area contributed by atoms with E-state index in [-0.39, 0.29) is 35.4 Å². The summed E-state index contributed by atoms with van der Waals surface area (Å²) in [7, 11) is -3.36. The lowest BCUT2D eigenvalue weighted by Crippen LogP contribution is -2.28. The Bertz CT molecular complexity index is 1230. The van der Waals surface area contributed by atoms with Crippen LogP contribution in [0.3, 0.4) is 0 Å². The average molecular weight is 423 g/mol. The van der Waals surface area contributed by atoms with Gasteiger partial charge in [0.1, 0.15) is 0 Å². The highest BCUT2D eigenvalue weighted by atomic mass is 32.2. The third-order valence-electron chi connectivity index (χ3n) is 5.39. The van der Waals surface area contributed by atoms with Gasteiger partial charge in [0.05, 0.1) is 22.3 Å². The summed E-state index contributed by atoms with van der Waals surface area (Å²) in [4.78, 5) is 27.3. The van der Waals surface area contributed by atoms with E-state index < -0.39 is 15.8 Å². The second kappa shape index (κ2) is 7.91. The number of carbonyl (C=O) groups excluding carboxylic acids is 2. The first-order valence-electron chi connectivity index (χ1n) is 9.81. The molecule has 1 fully saturated rings. The first kappa shape index (κ1) is 20.1. The lowest BCUT2D eigenvalue weighted by atomic mass is 10.1. The van der Waals surface area contributed by atoms with Crippen LogP contribution >= 0.6 is 0 Å². The summed E-state index contributed by atoms with van der Waals surface area (Å²) < 4.78 is 24.2. The van der Waals surface area contributed by atoms with Gasteiger partial charge in [-0.2, -0.15) is 0 Å². The van der Waals surface area contributed by atoms with Crippen LogP contribution in [0.25, 0.3) is 10.8 Å². The summed E-state index contributed by atoms with van der Waals surface area (Å²) in [5, 5.41) is 4.76. The van der Waals surface area contributed by atoms with Crippen molar-refractivity contribution in [3.05, 3.63) is 66.7 Å². The van der Waals surface area contributed by atoms with Gasteiger partial charge in [0.25, 0.3) is 0 Å². The van der Waals surface area contributed by atoms with Crippen molar-refractivity contribution in [3.63, 3.8) is 0 Å². The number of amides is 2. The van der Waals surface area contributed by atoms with E-state index in [1.165, 1.54) is 12.1 Å². The van der Waals surface area contributed by atoms with Crippen molar-refractivity contribution >= 4 is 43.8 Å². The molecule has 7 heteroatoms. The number of nitrogens with one attached hydrogen (secondary N) is 1. The number of nitrogens with zero attached hydrogens (tertiary/aromatic N) is 1. The van der Waals surface area contributed by atoms with Gasteiger partial charge in [0.2, 0.25) is 11.8 Å². The van der Waals surface area contributed by atoms with Crippen LogP contribution in [-0.4, -0.2) is 32.5 Å². The highest BCUT2D eigenvalue weighted by Crippen LogP contribution is 2.32. The second-order valence-electron chi connectivity index (χ2n) is 7.32. The third kappa shape index (κ3) is 3.80. The number of sulfone groups is 1. The molecule has 0 aliphatic carbocycles. The van der Waals surface area contributed by atoms with Gasteiger partial charge < -0.3 is 10.2 Å².